The first-order valence-electron chi connectivity index (χ1n) is 5.25. The Morgan fingerprint density at radius 2 is 1.65 bits per heavy atom. The molecule has 0 aromatic carbocycles. The van der Waals surface area contributed by atoms with E-state index in [-0.39, 0.29) is 6.16 Å². The second kappa shape index (κ2) is 5.75. The molecular weight excluding hydrogens is 251 g/mol. The van der Waals surface area contributed by atoms with Crippen LogP contribution in [0.1, 0.15) is 6.92 Å². The fourth-order valence-electron chi connectivity index (χ4n) is 1.73. The first-order valence-corrected chi connectivity index (χ1v) is 6.97. The van der Waals surface area contributed by atoms with Gasteiger partial charge in [-0.1, -0.05) is 0 Å². The summed E-state index contributed by atoms with van der Waals surface area (Å²) >= 11 is 0. The third kappa shape index (κ3) is 3.26. The van der Waals surface area contributed by atoms with Crippen molar-refractivity contribution in [3.63, 3.8) is 0 Å². The van der Waals surface area contributed by atoms with Gasteiger partial charge in [0.2, 0.25) is 0 Å². The minimum absolute atomic E-state index is 0.185. The Hall–Kier alpha value is -0.0100. The van der Waals surface area contributed by atoms with Crippen LogP contribution in [0.5, 0.6) is 0 Å². The van der Waals surface area contributed by atoms with Crippen molar-refractivity contribution >= 4 is 7.60 Å². The van der Waals surface area contributed by atoms with E-state index in [1.165, 1.54) is 14.2 Å². The van der Waals surface area contributed by atoms with Gasteiger partial charge in [-0.3, -0.25) is 4.57 Å². The summed E-state index contributed by atoms with van der Waals surface area (Å²) < 4.78 is 26.6. The highest BCUT2D eigenvalue weighted by Gasteiger charge is 2.44. The number of hydrogen-bond donors (Lipinski definition) is 3. The molecule has 0 radical (unpaired) electrons. The van der Waals surface area contributed by atoms with Gasteiger partial charge in [0.25, 0.3) is 0 Å². The van der Waals surface area contributed by atoms with Crippen LogP contribution in [0.15, 0.2) is 0 Å². The zero-order valence-corrected chi connectivity index (χ0v) is 10.9. The van der Waals surface area contributed by atoms with Crippen LogP contribution in [0.3, 0.4) is 0 Å². The van der Waals surface area contributed by atoms with Crippen LogP contribution in [0.25, 0.3) is 0 Å². The molecule has 0 aromatic heterocycles. The fourth-order valence-corrected chi connectivity index (χ4v) is 2.92. The predicted octanol–water partition coefficient (Wildman–Crippen LogP) is -0.658. The van der Waals surface area contributed by atoms with E-state index in [0.29, 0.717) is 0 Å². The van der Waals surface area contributed by atoms with Crippen molar-refractivity contribution in [2.45, 2.75) is 37.4 Å². The molecule has 1 heterocycles. The summed E-state index contributed by atoms with van der Waals surface area (Å²) in [6, 6.07) is 0. The SMILES string of the molecule is COP(=O)(CC1O[C@@H](C)[C@H](O)[C@@H](O)[C@H]1O)OC. The van der Waals surface area contributed by atoms with Gasteiger partial charge in [0, 0.05) is 14.2 Å². The summed E-state index contributed by atoms with van der Waals surface area (Å²) in [5.41, 5.74) is 0. The topological polar surface area (TPSA) is 105 Å². The third-order valence-electron chi connectivity index (χ3n) is 2.91. The van der Waals surface area contributed by atoms with E-state index in [1.807, 2.05) is 0 Å². The molecule has 1 aliphatic rings. The molecule has 0 amide bonds. The highest BCUT2D eigenvalue weighted by molar-refractivity contribution is 7.53. The van der Waals surface area contributed by atoms with Gasteiger partial charge in [-0.05, 0) is 6.92 Å². The van der Waals surface area contributed by atoms with E-state index in [9.17, 15) is 19.9 Å². The van der Waals surface area contributed by atoms with Crippen molar-refractivity contribution in [1.82, 2.24) is 0 Å². The molecule has 1 rings (SSSR count). The van der Waals surface area contributed by atoms with E-state index in [0.717, 1.165) is 0 Å². The van der Waals surface area contributed by atoms with Crippen LogP contribution in [0.2, 0.25) is 0 Å². The van der Waals surface area contributed by atoms with Crippen molar-refractivity contribution in [3.05, 3.63) is 0 Å². The Morgan fingerprint density at radius 1 is 1.12 bits per heavy atom. The van der Waals surface area contributed by atoms with Crippen LogP contribution in [-0.2, 0) is 18.3 Å². The minimum atomic E-state index is -3.34. The average molecular weight is 270 g/mol. The van der Waals surface area contributed by atoms with Gasteiger partial charge in [0.05, 0.1) is 18.4 Å². The van der Waals surface area contributed by atoms with E-state index in [1.54, 1.807) is 6.92 Å². The summed E-state index contributed by atoms with van der Waals surface area (Å²) in [5, 5.41) is 28.8. The fraction of sp³-hybridized carbons (Fsp3) is 1.00. The van der Waals surface area contributed by atoms with Crippen LogP contribution < -0.4 is 0 Å². The molecule has 17 heavy (non-hydrogen) atoms. The smallest absolute Gasteiger partial charge is 0.332 e. The van der Waals surface area contributed by atoms with Crippen LogP contribution in [-0.4, -0.2) is 66.2 Å². The molecule has 5 atom stereocenters. The van der Waals surface area contributed by atoms with Gasteiger partial charge in [-0.15, -0.1) is 0 Å². The van der Waals surface area contributed by atoms with Gasteiger partial charge in [-0.25, -0.2) is 0 Å². The number of hydrogen-bond acceptors (Lipinski definition) is 7. The lowest BCUT2D eigenvalue weighted by molar-refractivity contribution is -0.211. The molecule has 0 aliphatic carbocycles. The number of ether oxygens (including phenoxy) is 1. The molecule has 1 aliphatic heterocycles. The van der Waals surface area contributed by atoms with Crippen molar-refractivity contribution in [2.24, 2.45) is 0 Å². The lowest BCUT2D eigenvalue weighted by atomic mass is 9.96. The van der Waals surface area contributed by atoms with Gasteiger partial charge in [-0.2, -0.15) is 0 Å². The Labute approximate surface area is 99.8 Å². The van der Waals surface area contributed by atoms with Crippen molar-refractivity contribution in [1.29, 1.82) is 0 Å². The summed E-state index contributed by atoms with van der Waals surface area (Å²) in [6.07, 6.45) is -5.61. The monoisotopic (exact) mass is 270 g/mol. The van der Waals surface area contributed by atoms with E-state index >= 15 is 0 Å². The van der Waals surface area contributed by atoms with E-state index < -0.39 is 38.1 Å². The Morgan fingerprint density at radius 3 is 2.12 bits per heavy atom. The van der Waals surface area contributed by atoms with Gasteiger partial charge in [0.1, 0.15) is 18.3 Å². The maximum Gasteiger partial charge on any atom is 0.332 e. The molecule has 0 aromatic rings. The normalized spacial score (nSPS) is 39.3. The van der Waals surface area contributed by atoms with Gasteiger partial charge >= 0.3 is 7.60 Å². The van der Waals surface area contributed by atoms with Crippen molar-refractivity contribution in [3.8, 4) is 0 Å². The van der Waals surface area contributed by atoms with E-state index in [2.05, 4.69) is 0 Å². The highest BCUT2D eigenvalue weighted by Crippen LogP contribution is 2.48. The molecule has 8 heteroatoms. The highest BCUT2D eigenvalue weighted by atomic mass is 31.2. The molecular formula is C9H19O7P. The average Bonchev–Trinajstić information content (AvgIpc) is 2.33. The van der Waals surface area contributed by atoms with Gasteiger partial charge < -0.3 is 29.1 Å². The van der Waals surface area contributed by atoms with Crippen molar-refractivity contribution in [2.75, 3.05) is 20.4 Å². The molecule has 0 spiro atoms. The molecule has 7 nitrogen and oxygen atoms in total. The Bertz CT molecular complexity index is 289. The second-order valence-corrected chi connectivity index (χ2v) is 6.33. The third-order valence-corrected chi connectivity index (χ3v) is 4.83. The Balaban J connectivity index is 2.75. The number of aliphatic hydroxyl groups excluding tert-OH is 3. The summed E-state index contributed by atoms with van der Waals surface area (Å²) in [5.74, 6) is 0. The zero-order valence-electron chi connectivity index (χ0n) is 10.0. The lowest BCUT2D eigenvalue weighted by Gasteiger charge is -2.39. The van der Waals surface area contributed by atoms with Gasteiger partial charge in [0.15, 0.2) is 0 Å². The molecule has 1 saturated heterocycles. The maximum atomic E-state index is 11.9. The molecule has 1 unspecified atom stereocenters. The lowest BCUT2D eigenvalue weighted by Crippen LogP contribution is -2.57. The van der Waals surface area contributed by atoms with Crippen LogP contribution in [0.4, 0.5) is 0 Å². The standard InChI is InChI=1S/C9H19O7P/c1-5-7(10)9(12)8(11)6(16-5)4-17(13,14-2)15-3/h5-12H,4H2,1-3H3/t5-,6?,7-,8-,9+/m0/s1. The Kier molecular flexibility index (Phi) is 5.09. The first kappa shape index (κ1) is 15.0. The first-order chi connectivity index (χ1) is 7.84. The quantitative estimate of drug-likeness (QED) is 0.582. The largest absolute Gasteiger partial charge is 0.388 e. The van der Waals surface area contributed by atoms with Crippen LogP contribution in [0, 0.1) is 0 Å². The predicted molar refractivity (Wildman–Crippen MR) is 58.8 cm³/mol. The zero-order chi connectivity index (χ0) is 13.2. The van der Waals surface area contributed by atoms with E-state index in [4.69, 9.17) is 13.8 Å². The number of aliphatic hydroxyl groups is 3. The summed E-state index contributed by atoms with van der Waals surface area (Å²) in [7, 11) is -0.877. The minimum Gasteiger partial charge on any atom is -0.388 e. The molecule has 0 saturated carbocycles. The molecule has 102 valence electrons. The summed E-state index contributed by atoms with van der Waals surface area (Å²) in [4.78, 5) is 0. The second-order valence-electron chi connectivity index (χ2n) is 4.01. The molecule has 3 N–H and O–H groups in total. The molecule has 1 fully saturated rings. The summed E-state index contributed by atoms with van der Waals surface area (Å²) in [6.45, 7) is 1.55. The number of rotatable bonds is 4. The maximum absolute atomic E-state index is 11.9. The van der Waals surface area contributed by atoms with Crippen molar-refractivity contribution < 1.29 is 33.7 Å². The molecule has 0 bridgehead atoms. The van der Waals surface area contributed by atoms with Crippen LogP contribution >= 0.6 is 7.60 Å².